The molecule has 4 rings (SSSR count). The van der Waals surface area contributed by atoms with E-state index in [-0.39, 0.29) is 34.9 Å². The van der Waals surface area contributed by atoms with E-state index < -0.39 is 15.6 Å². The summed E-state index contributed by atoms with van der Waals surface area (Å²) in [6.07, 6.45) is 1.99. The Balaban J connectivity index is 1.40. The number of nitrogens with zero attached hydrogens (tertiary/aromatic N) is 2. The summed E-state index contributed by atoms with van der Waals surface area (Å²) in [7, 11) is -3.69. The molecule has 2 aliphatic rings. The van der Waals surface area contributed by atoms with Crippen LogP contribution in [0.4, 0.5) is 4.79 Å². The van der Waals surface area contributed by atoms with Gasteiger partial charge in [0.2, 0.25) is 15.9 Å². The highest BCUT2D eigenvalue weighted by Crippen LogP contribution is 2.33. The molecule has 0 unspecified atom stereocenters. The number of aryl methyl sites for hydroxylation is 1. The molecule has 0 aromatic heterocycles. The highest BCUT2D eigenvalue weighted by molar-refractivity contribution is 7.89. The minimum Gasteiger partial charge on any atom is -0.494 e. The first-order valence-electron chi connectivity index (χ1n) is 14.5. The molecule has 1 saturated carbocycles. The number of amides is 2. The van der Waals surface area contributed by atoms with Crippen LogP contribution in [0.25, 0.3) is 0 Å². The van der Waals surface area contributed by atoms with E-state index in [0.717, 1.165) is 11.1 Å². The zero-order valence-electron chi connectivity index (χ0n) is 24.8. The number of piperazine rings is 1. The molecule has 1 saturated heterocycles. The summed E-state index contributed by atoms with van der Waals surface area (Å²) in [5.41, 5.74) is 1.14. The molecular formula is C31H43N3O6S. The molecule has 1 atom stereocenters. The topological polar surface area (TPSA) is 105 Å². The smallest absolute Gasteiger partial charge is 0.410 e. The Morgan fingerprint density at radius 1 is 1.00 bits per heavy atom. The number of sulfonamides is 1. The third-order valence-corrected chi connectivity index (χ3v) is 9.17. The minimum atomic E-state index is -3.69. The van der Waals surface area contributed by atoms with Crippen LogP contribution in [0.5, 0.6) is 5.75 Å². The molecule has 1 N–H and O–H groups in total. The molecule has 2 fully saturated rings. The van der Waals surface area contributed by atoms with E-state index in [4.69, 9.17) is 9.47 Å². The number of hydrogen-bond donors (Lipinski definition) is 1. The van der Waals surface area contributed by atoms with Gasteiger partial charge < -0.3 is 19.3 Å². The Kier molecular flexibility index (Phi) is 9.64. The van der Waals surface area contributed by atoms with Crippen LogP contribution in [-0.2, 0) is 19.6 Å². The molecule has 2 aromatic rings. The lowest BCUT2D eigenvalue weighted by molar-refractivity contribution is -0.142. The van der Waals surface area contributed by atoms with E-state index in [0.29, 0.717) is 57.7 Å². The maximum Gasteiger partial charge on any atom is 0.410 e. The van der Waals surface area contributed by atoms with Crippen molar-refractivity contribution in [3.8, 4) is 5.75 Å². The zero-order valence-corrected chi connectivity index (χ0v) is 25.6. The van der Waals surface area contributed by atoms with Crippen LogP contribution in [0, 0.1) is 12.8 Å². The molecule has 1 heterocycles. The molecule has 10 heteroatoms. The van der Waals surface area contributed by atoms with Crippen molar-refractivity contribution < 1.29 is 27.5 Å². The minimum absolute atomic E-state index is 0.0612. The van der Waals surface area contributed by atoms with E-state index in [2.05, 4.69) is 4.72 Å². The van der Waals surface area contributed by atoms with Crippen molar-refractivity contribution in [2.24, 2.45) is 5.92 Å². The Bertz CT molecular complexity index is 1320. The van der Waals surface area contributed by atoms with Gasteiger partial charge in [0.1, 0.15) is 11.4 Å². The first-order chi connectivity index (χ1) is 19.4. The van der Waals surface area contributed by atoms with Crippen LogP contribution >= 0.6 is 0 Å². The third kappa shape index (κ3) is 7.80. The van der Waals surface area contributed by atoms with Gasteiger partial charge in [0.15, 0.2) is 0 Å². The van der Waals surface area contributed by atoms with Gasteiger partial charge in [0.05, 0.1) is 17.5 Å². The molecule has 0 spiro atoms. The fraction of sp³-hybridized carbons (Fsp3) is 0.548. The van der Waals surface area contributed by atoms with Crippen molar-refractivity contribution in [3.63, 3.8) is 0 Å². The van der Waals surface area contributed by atoms with Gasteiger partial charge in [-0.05, 0) is 89.6 Å². The summed E-state index contributed by atoms with van der Waals surface area (Å²) in [4.78, 5) is 30.4. The molecular weight excluding hydrogens is 542 g/mol. The number of ether oxygens (including phenoxy) is 2. The summed E-state index contributed by atoms with van der Waals surface area (Å²) < 4.78 is 40.2. The second-order valence-electron chi connectivity index (χ2n) is 11.9. The van der Waals surface area contributed by atoms with Crippen molar-refractivity contribution in [2.45, 2.75) is 82.9 Å². The highest BCUT2D eigenvalue weighted by Gasteiger charge is 2.39. The Hall–Kier alpha value is -3.11. The van der Waals surface area contributed by atoms with E-state index in [1.807, 2.05) is 69.9 Å². The zero-order chi connectivity index (χ0) is 29.8. The monoisotopic (exact) mass is 585 g/mol. The largest absolute Gasteiger partial charge is 0.494 e. The maximum absolute atomic E-state index is 13.8. The summed E-state index contributed by atoms with van der Waals surface area (Å²) in [5, 5.41) is 0. The fourth-order valence-electron chi connectivity index (χ4n) is 5.59. The predicted molar refractivity (Wildman–Crippen MR) is 157 cm³/mol. The van der Waals surface area contributed by atoms with Gasteiger partial charge in [-0.25, -0.2) is 17.9 Å². The molecule has 0 bridgehead atoms. The Morgan fingerprint density at radius 3 is 2.29 bits per heavy atom. The third-order valence-electron chi connectivity index (χ3n) is 7.65. The first-order valence-corrected chi connectivity index (χ1v) is 16.0. The van der Waals surface area contributed by atoms with Gasteiger partial charge in [-0.1, -0.05) is 30.3 Å². The summed E-state index contributed by atoms with van der Waals surface area (Å²) in [6, 6.07) is 14.2. The van der Waals surface area contributed by atoms with Gasteiger partial charge in [-0.15, -0.1) is 0 Å². The summed E-state index contributed by atoms with van der Waals surface area (Å²) in [6.45, 7) is 10.9. The average molecular weight is 586 g/mol. The number of rotatable bonds is 7. The van der Waals surface area contributed by atoms with Crippen molar-refractivity contribution in [3.05, 3.63) is 59.7 Å². The summed E-state index contributed by atoms with van der Waals surface area (Å²) in [5.74, 6) is 0.542. The predicted octanol–water partition coefficient (Wildman–Crippen LogP) is 5.05. The van der Waals surface area contributed by atoms with Gasteiger partial charge in [0.25, 0.3) is 0 Å². The Morgan fingerprint density at radius 2 is 1.68 bits per heavy atom. The van der Waals surface area contributed by atoms with Crippen LogP contribution in [-0.4, -0.2) is 68.1 Å². The lowest BCUT2D eigenvalue weighted by atomic mass is 9.85. The molecule has 224 valence electrons. The van der Waals surface area contributed by atoms with Gasteiger partial charge >= 0.3 is 6.09 Å². The van der Waals surface area contributed by atoms with Gasteiger partial charge in [-0.3, -0.25) is 4.79 Å². The lowest BCUT2D eigenvalue weighted by Gasteiger charge is -2.43. The fourth-order valence-corrected chi connectivity index (χ4v) is 6.98. The number of benzene rings is 2. The quantitative estimate of drug-likeness (QED) is 0.488. The second kappa shape index (κ2) is 12.8. The highest BCUT2D eigenvalue weighted by atomic mass is 32.2. The van der Waals surface area contributed by atoms with Crippen LogP contribution in [0.1, 0.15) is 70.5 Å². The number of nitrogens with one attached hydrogen (secondary N) is 1. The van der Waals surface area contributed by atoms with Crippen molar-refractivity contribution in [1.82, 2.24) is 14.5 Å². The molecule has 9 nitrogen and oxygen atoms in total. The van der Waals surface area contributed by atoms with E-state index >= 15 is 0 Å². The Labute approximate surface area is 244 Å². The van der Waals surface area contributed by atoms with Crippen molar-refractivity contribution in [1.29, 1.82) is 0 Å². The normalized spacial score (nSPS) is 21.8. The maximum atomic E-state index is 13.8. The van der Waals surface area contributed by atoms with Gasteiger partial charge in [-0.2, -0.15) is 0 Å². The lowest BCUT2D eigenvalue weighted by Crippen LogP contribution is -2.54. The van der Waals surface area contributed by atoms with Crippen LogP contribution in [0.15, 0.2) is 53.4 Å². The van der Waals surface area contributed by atoms with Crippen molar-refractivity contribution >= 4 is 22.0 Å². The summed E-state index contributed by atoms with van der Waals surface area (Å²) >= 11 is 0. The molecule has 41 heavy (non-hydrogen) atoms. The molecule has 2 aromatic carbocycles. The van der Waals surface area contributed by atoms with Crippen molar-refractivity contribution in [2.75, 3.05) is 26.2 Å². The molecule has 0 radical (unpaired) electrons. The molecule has 1 aliphatic carbocycles. The molecule has 1 aliphatic heterocycles. The first kappa shape index (κ1) is 30.8. The second-order valence-corrected chi connectivity index (χ2v) is 13.6. The van der Waals surface area contributed by atoms with E-state index in [9.17, 15) is 18.0 Å². The molecule has 2 amide bonds. The van der Waals surface area contributed by atoms with Gasteiger partial charge in [0, 0.05) is 31.6 Å². The average Bonchev–Trinajstić information content (AvgIpc) is 2.93. The van der Waals surface area contributed by atoms with E-state index in [1.165, 1.54) is 0 Å². The number of carbonyl (C=O) groups is 2. The van der Waals surface area contributed by atoms with Crippen LogP contribution < -0.4 is 9.46 Å². The van der Waals surface area contributed by atoms with Crippen LogP contribution in [0.3, 0.4) is 0 Å². The standard InChI is InChI=1S/C31H43N3O6S/c1-6-39-28-17-16-26(20-22(28)2)41(37,38)32-25-14-12-24(13-15-25)29(35)34-19-18-33(30(36)40-31(3,4)5)21-27(34)23-10-8-7-9-11-23/h7-11,16-17,20,24-25,27,32H,6,12-15,18-19,21H2,1-5H3/t24-,25-,27-/m1/s1. The number of hydrogen-bond acceptors (Lipinski definition) is 6. The van der Waals surface area contributed by atoms with Crippen LogP contribution in [0.2, 0.25) is 0 Å². The van der Waals surface area contributed by atoms with E-state index in [1.54, 1.807) is 23.1 Å². The number of carbonyl (C=O) groups excluding carboxylic acids is 2. The SMILES string of the molecule is CCOc1ccc(S(=O)(=O)N[C@H]2CC[C@H](C(=O)N3CCN(C(=O)OC(C)(C)C)C[C@@H]3c3ccccc3)CC2)cc1C.